The maximum atomic E-state index is 14.0. The van der Waals surface area contributed by atoms with Crippen molar-refractivity contribution in [1.82, 2.24) is 5.32 Å². The van der Waals surface area contributed by atoms with Gasteiger partial charge in [-0.15, -0.1) is 0 Å². The van der Waals surface area contributed by atoms with E-state index in [1.807, 2.05) is 42.5 Å². The first kappa shape index (κ1) is 26.9. The van der Waals surface area contributed by atoms with Gasteiger partial charge in [0.1, 0.15) is 17.6 Å². The van der Waals surface area contributed by atoms with Gasteiger partial charge in [0.2, 0.25) is 11.8 Å². The highest BCUT2D eigenvalue weighted by Crippen LogP contribution is 2.32. The molecule has 0 spiro atoms. The van der Waals surface area contributed by atoms with Gasteiger partial charge in [0.05, 0.1) is 7.11 Å². The van der Waals surface area contributed by atoms with Crippen LogP contribution in [0.3, 0.4) is 0 Å². The Hall–Kier alpha value is -4.65. The van der Waals surface area contributed by atoms with Crippen molar-refractivity contribution in [1.29, 1.82) is 0 Å². The van der Waals surface area contributed by atoms with Crippen LogP contribution >= 0.6 is 0 Å². The predicted octanol–water partition coefficient (Wildman–Crippen LogP) is 5.68. The first-order chi connectivity index (χ1) is 19.5. The Bertz CT molecular complexity index is 1440. The van der Waals surface area contributed by atoms with Gasteiger partial charge in [0.15, 0.2) is 0 Å². The highest BCUT2D eigenvalue weighted by molar-refractivity contribution is 6.01. The molecule has 0 fully saturated rings. The highest BCUT2D eigenvalue weighted by atomic mass is 19.1. The number of nitrogens with one attached hydrogen (secondary N) is 1. The van der Waals surface area contributed by atoms with E-state index in [9.17, 15) is 14.0 Å². The molecule has 1 atom stereocenters. The molecule has 1 aliphatic rings. The number of para-hydroxylation sites is 1. The van der Waals surface area contributed by atoms with E-state index >= 15 is 0 Å². The van der Waals surface area contributed by atoms with Gasteiger partial charge in [-0.1, -0.05) is 60.7 Å². The number of hydrogen-bond donors (Lipinski definition) is 1. The van der Waals surface area contributed by atoms with Crippen molar-refractivity contribution in [3.63, 3.8) is 0 Å². The minimum atomic E-state index is -0.974. The van der Waals surface area contributed by atoms with E-state index in [1.54, 1.807) is 43.5 Å². The topological polar surface area (TPSA) is 61.9 Å². The summed E-state index contributed by atoms with van der Waals surface area (Å²) in [5.41, 5.74) is 4.41. The van der Waals surface area contributed by atoms with Crippen molar-refractivity contribution in [2.45, 2.75) is 25.4 Å². The average Bonchev–Trinajstić information content (AvgIpc) is 3.42. The summed E-state index contributed by atoms with van der Waals surface area (Å²) in [5.74, 6) is -0.344. The number of benzene rings is 4. The summed E-state index contributed by atoms with van der Waals surface area (Å²) in [6, 6.07) is 29.6. The van der Waals surface area contributed by atoms with Gasteiger partial charge in [0, 0.05) is 37.4 Å². The molecule has 0 radical (unpaired) electrons. The maximum absolute atomic E-state index is 14.0. The lowest BCUT2D eigenvalue weighted by atomic mass is 10.0. The van der Waals surface area contributed by atoms with Crippen LogP contribution < -0.4 is 19.9 Å². The van der Waals surface area contributed by atoms with Crippen molar-refractivity contribution in [3.05, 3.63) is 126 Å². The SMILES string of the molecule is COc1ccc([C@@H](C(=O)NCc2ccccc2)N(C(=O)CCN2CCc3ccccc32)c2ccc(F)cc2)cc1. The average molecular weight is 538 g/mol. The summed E-state index contributed by atoms with van der Waals surface area (Å²) >= 11 is 0. The number of amides is 2. The van der Waals surface area contributed by atoms with Crippen molar-refractivity contribution in [2.75, 3.05) is 30.0 Å². The molecule has 0 saturated heterocycles. The zero-order valence-electron chi connectivity index (χ0n) is 22.4. The molecule has 7 heteroatoms. The molecule has 4 aromatic carbocycles. The van der Waals surface area contributed by atoms with Crippen LogP contribution in [-0.2, 0) is 22.6 Å². The van der Waals surface area contributed by atoms with Crippen molar-refractivity contribution in [3.8, 4) is 5.75 Å². The first-order valence-electron chi connectivity index (χ1n) is 13.4. The molecule has 0 bridgehead atoms. The quantitative estimate of drug-likeness (QED) is 0.283. The normalized spacial score (nSPS) is 12.9. The fourth-order valence-corrected chi connectivity index (χ4v) is 5.11. The van der Waals surface area contributed by atoms with Gasteiger partial charge in [0.25, 0.3) is 0 Å². The van der Waals surface area contributed by atoms with Gasteiger partial charge in [-0.3, -0.25) is 14.5 Å². The lowest BCUT2D eigenvalue weighted by molar-refractivity contribution is -0.126. The van der Waals surface area contributed by atoms with Crippen LogP contribution in [0.15, 0.2) is 103 Å². The fourth-order valence-electron chi connectivity index (χ4n) is 5.11. The number of methoxy groups -OCH3 is 1. The number of carbonyl (C=O) groups is 2. The largest absolute Gasteiger partial charge is 0.497 e. The minimum Gasteiger partial charge on any atom is -0.497 e. The Labute approximate surface area is 234 Å². The molecule has 4 aromatic rings. The standard InChI is InChI=1S/C33H32FN3O3/c1-40-29-17-11-26(12-18-29)32(33(39)35-23-24-7-3-2-4-8-24)37(28-15-13-27(34)14-16-28)31(38)20-22-36-21-19-25-9-5-6-10-30(25)36/h2-18,32H,19-23H2,1H3,(H,35,39)/t32-/m0/s1. The molecule has 5 rings (SSSR count). The number of rotatable bonds is 10. The molecule has 1 heterocycles. The molecular weight excluding hydrogens is 505 g/mol. The molecule has 0 aliphatic carbocycles. The summed E-state index contributed by atoms with van der Waals surface area (Å²) in [4.78, 5) is 31.6. The third kappa shape index (κ3) is 6.15. The number of carbonyl (C=O) groups excluding carboxylic acids is 2. The van der Waals surface area contributed by atoms with E-state index in [-0.39, 0.29) is 18.2 Å². The van der Waals surface area contributed by atoms with Crippen molar-refractivity contribution < 1.29 is 18.7 Å². The molecule has 0 aromatic heterocycles. The van der Waals surface area contributed by atoms with Crippen LogP contribution in [0, 0.1) is 5.82 Å². The second-order valence-electron chi connectivity index (χ2n) is 9.74. The van der Waals surface area contributed by atoms with E-state index in [2.05, 4.69) is 22.3 Å². The minimum absolute atomic E-state index is 0.185. The van der Waals surface area contributed by atoms with Crippen LogP contribution in [0.2, 0.25) is 0 Å². The van der Waals surface area contributed by atoms with E-state index < -0.39 is 11.9 Å². The third-order valence-electron chi connectivity index (χ3n) is 7.20. The Kier molecular flexibility index (Phi) is 8.40. The fraction of sp³-hybridized carbons (Fsp3) is 0.212. The van der Waals surface area contributed by atoms with Gasteiger partial charge < -0.3 is 15.0 Å². The van der Waals surface area contributed by atoms with Crippen LogP contribution in [0.5, 0.6) is 5.75 Å². The lowest BCUT2D eigenvalue weighted by Crippen LogP contribution is -2.44. The summed E-state index contributed by atoms with van der Waals surface area (Å²) in [6.07, 6.45) is 1.12. The van der Waals surface area contributed by atoms with Gasteiger partial charge in [-0.05, 0) is 65.6 Å². The van der Waals surface area contributed by atoms with E-state index in [0.29, 0.717) is 30.1 Å². The molecule has 1 N–H and O–H groups in total. The maximum Gasteiger partial charge on any atom is 0.248 e. The monoisotopic (exact) mass is 537 g/mol. The predicted molar refractivity (Wildman–Crippen MR) is 155 cm³/mol. The molecule has 6 nitrogen and oxygen atoms in total. The summed E-state index contributed by atoms with van der Waals surface area (Å²) in [7, 11) is 1.57. The molecule has 0 saturated carbocycles. The molecule has 40 heavy (non-hydrogen) atoms. The number of halogens is 1. The third-order valence-corrected chi connectivity index (χ3v) is 7.20. The van der Waals surface area contributed by atoms with Crippen LogP contribution in [0.1, 0.15) is 29.2 Å². The van der Waals surface area contributed by atoms with Gasteiger partial charge in [-0.2, -0.15) is 0 Å². The highest BCUT2D eigenvalue weighted by Gasteiger charge is 2.33. The van der Waals surface area contributed by atoms with E-state index in [1.165, 1.54) is 22.6 Å². The van der Waals surface area contributed by atoms with Crippen LogP contribution in [0.4, 0.5) is 15.8 Å². The van der Waals surface area contributed by atoms with Crippen molar-refractivity contribution >= 4 is 23.2 Å². The van der Waals surface area contributed by atoms with Gasteiger partial charge >= 0.3 is 0 Å². The Morgan fingerprint density at radius 3 is 2.35 bits per heavy atom. The molecular formula is C33H32FN3O3. The molecule has 204 valence electrons. The Morgan fingerprint density at radius 2 is 1.62 bits per heavy atom. The van der Waals surface area contributed by atoms with E-state index in [0.717, 1.165) is 24.2 Å². The lowest BCUT2D eigenvalue weighted by Gasteiger charge is -2.32. The summed E-state index contributed by atoms with van der Waals surface area (Å²) in [6.45, 7) is 1.65. The number of anilines is 2. The Morgan fingerprint density at radius 1 is 0.925 bits per heavy atom. The number of fused-ring (bicyclic) bond motifs is 1. The molecule has 0 unspecified atom stereocenters. The zero-order valence-corrected chi connectivity index (χ0v) is 22.4. The first-order valence-corrected chi connectivity index (χ1v) is 13.4. The second-order valence-corrected chi connectivity index (χ2v) is 9.74. The number of hydrogen-bond acceptors (Lipinski definition) is 4. The van der Waals surface area contributed by atoms with E-state index in [4.69, 9.17) is 4.74 Å². The second kappa shape index (κ2) is 12.5. The smallest absolute Gasteiger partial charge is 0.248 e. The number of ether oxygens (including phenoxy) is 1. The molecule has 2 amide bonds. The van der Waals surface area contributed by atoms with Crippen LogP contribution in [0.25, 0.3) is 0 Å². The molecule has 1 aliphatic heterocycles. The van der Waals surface area contributed by atoms with Gasteiger partial charge in [-0.25, -0.2) is 4.39 Å². The number of nitrogens with zero attached hydrogens (tertiary/aromatic N) is 2. The van der Waals surface area contributed by atoms with Crippen LogP contribution in [-0.4, -0.2) is 32.0 Å². The zero-order chi connectivity index (χ0) is 27.9. The summed E-state index contributed by atoms with van der Waals surface area (Å²) < 4.78 is 19.2. The summed E-state index contributed by atoms with van der Waals surface area (Å²) in [5, 5.41) is 3.00. The Balaban J connectivity index is 1.46. The van der Waals surface area contributed by atoms with Crippen molar-refractivity contribution in [2.24, 2.45) is 0 Å².